The number of carbonyl (C=O) groups excluding carboxylic acids is 12. The van der Waals surface area contributed by atoms with Gasteiger partial charge < -0.3 is 83.1 Å². The van der Waals surface area contributed by atoms with Crippen molar-refractivity contribution in [2.45, 2.75) is 139 Å². The minimum Gasteiger partial charge on any atom is -0.392 e. The van der Waals surface area contributed by atoms with Crippen molar-refractivity contribution in [3.63, 3.8) is 0 Å². The molecule has 13 unspecified atom stereocenters. The Morgan fingerprint density at radius 1 is 0.819 bits per heavy atom. The Kier molecular flexibility index (Phi) is 21.8. The van der Waals surface area contributed by atoms with Crippen molar-refractivity contribution in [2.24, 2.45) is 23.5 Å². The van der Waals surface area contributed by atoms with Crippen molar-refractivity contribution in [1.82, 2.24) is 47.0 Å². The maximum Gasteiger partial charge on any atom is 0.250 e. The molecule has 3 heterocycles. The number of aliphatic hydroxyl groups is 5. The Bertz CT molecular complexity index is 2090. The summed E-state index contributed by atoms with van der Waals surface area (Å²) in [6.45, 7) is 1.81. The number of nitrogens with one attached hydrogen (secondary N) is 7. The van der Waals surface area contributed by atoms with Crippen LogP contribution in [0.1, 0.15) is 72.1 Å². The summed E-state index contributed by atoms with van der Waals surface area (Å²) in [7, 11) is 0. The summed E-state index contributed by atoms with van der Waals surface area (Å²) in [6.07, 6.45) is -7.71. The van der Waals surface area contributed by atoms with Crippen LogP contribution >= 0.6 is 0 Å². The van der Waals surface area contributed by atoms with Crippen LogP contribution in [0.25, 0.3) is 0 Å². The lowest BCUT2D eigenvalue weighted by molar-refractivity contribution is -0.148. The fraction of sp³-hybridized carbons (Fsp3) is 0.689. The van der Waals surface area contributed by atoms with Crippen molar-refractivity contribution in [3.8, 4) is 0 Å². The molecule has 0 radical (unpaired) electrons. The predicted octanol–water partition coefficient (Wildman–Crippen LogP) is -7.59. The normalized spacial score (nSPS) is 28.2. The second-order valence-corrected chi connectivity index (χ2v) is 18.9. The summed E-state index contributed by atoms with van der Waals surface area (Å²) in [5.41, 5.74) is 5.37. The van der Waals surface area contributed by atoms with Crippen molar-refractivity contribution in [3.05, 3.63) is 12.2 Å². The molecular weight excluding hydrogens is 953 g/mol. The number of aldehydes is 1. The van der Waals surface area contributed by atoms with Crippen LogP contribution in [0.3, 0.4) is 0 Å². The Balaban J connectivity index is 1.72. The van der Waals surface area contributed by atoms with Gasteiger partial charge in [-0.1, -0.05) is 19.9 Å². The van der Waals surface area contributed by atoms with E-state index in [4.69, 9.17) is 5.73 Å². The molecule has 9 amide bonds. The van der Waals surface area contributed by atoms with Crippen LogP contribution in [0, 0.1) is 17.8 Å². The average molecular weight is 1020 g/mol. The summed E-state index contributed by atoms with van der Waals surface area (Å²) >= 11 is 0. The molecule has 13 atom stereocenters. The van der Waals surface area contributed by atoms with Crippen molar-refractivity contribution in [1.29, 1.82) is 0 Å². The maximum absolute atomic E-state index is 14.7. The van der Waals surface area contributed by atoms with Gasteiger partial charge in [0.2, 0.25) is 47.3 Å². The lowest BCUT2D eigenvalue weighted by atomic mass is 9.81. The predicted molar refractivity (Wildman–Crippen MR) is 246 cm³/mol. The Hall–Kier alpha value is -6.26. The number of ketones is 2. The molecule has 400 valence electrons. The summed E-state index contributed by atoms with van der Waals surface area (Å²) in [6, 6.07) is -10.6. The van der Waals surface area contributed by atoms with Crippen LogP contribution in [0.5, 0.6) is 0 Å². The lowest BCUT2D eigenvalue weighted by Crippen LogP contribution is -2.64. The first-order valence-corrected chi connectivity index (χ1v) is 23.9. The van der Waals surface area contributed by atoms with Gasteiger partial charge in [0, 0.05) is 57.8 Å². The molecule has 0 aromatic carbocycles. The number of fused-ring (bicyclic) bond motifs is 2. The largest absolute Gasteiger partial charge is 0.392 e. The third-order valence-electron chi connectivity index (χ3n) is 12.8. The molecule has 0 aromatic rings. The van der Waals surface area contributed by atoms with E-state index in [2.05, 4.69) is 37.2 Å². The van der Waals surface area contributed by atoms with Gasteiger partial charge in [-0.3, -0.25) is 52.7 Å². The zero-order valence-corrected chi connectivity index (χ0v) is 40.3. The third kappa shape index (κ3) is 15.9. The standard InChI is InChI=1S/C45H68N10O17/c1-21(2)14-28(50-33(64)16-46)40(67)49-18-34(65)47-12-10-30(61)37-45(72)54-13-11-31(62)38(54)43(70)48-17-25(59)8-9-32(63)51-35(22(3)57)44(71)55-19-26(60)15-29(55)41(68)52-36(42(69)53-37)27(20-56)39(66)23-4-6-24(58)7-5-23/h4,6,20-23,25-30,35-39,57,59-61,66H,5,7-19,46H2,1-3H3,(H,47,65)(H,48,70)(H,49,67)(H,50,64)(H,51,63)(H,52,68)(H,53,69). The number of hydrogen-bond donors (Lipinski definition) is 13. The number of carbonyl (C=O) groups is 12. The van der Waals surface area contributed by atoms with Gasteiger partial charge in [0.15, 0.2) is 17.6 Å². The van der Waals surface area contributed by atoms with E-state index in [-0.39, 0.29) is 50.1 Å². The number of amides is 9. The minimum absolute atomic E-state index is 0.00521. The lowest BCUT2D eigenvalue weighted by Gasteiger charge is -2.35. The van der Waals surface area contributed by atoms with Crippen LogP contribution in [0.4, 0.5) is 0 Å². The van der Waals surface area contributed by atoms with E-state index in [9.17, 15) is 83.1 Å². The zero-order valence-electron chi connectivity index (χ0n) is 40.3. The zero-order chi connectivity index (χ0) is 53.6. The molecule has 3 fully saturated rings. The van der Waals surface area contributed by atoms with E-state index in [0.717, 1.165) is 22.8 Å². The van der Waals surface area contributed by atoms with Crippen LogP contribution in [-0.4, -0.2) is 212 Å². The topological polar surface area (TPSA) is 423 Å². The number of nitrogens with zero attached hydrogens (tertiary/aromatic N) is 2. The van der Waals surface area contributed by atoms with Gasteiger partial charge in [-0.25, -0.2) is 0 Å². The first kappa shape index (κ1) is 58.3. The molecule has 3 aliphatic heterocycles. The van der Waals surface area contributed by atoms with E-state index < -0.39 is 196 Å². The van der Waals surface area contributed by atoms with Gasteiger partial charge in [-0.2, -0.15) is 0 Å². The summed E-state index contributed by atoms with van der Waals surface area (Å²) in [4.78, 5) is 162. The van der Waals surface area contributed by atoms with Gasteiger partial charge in [-0.15, -0.1) is 0 Å². The van der Waals surface area contributed by atoms with Gasteiger partial charge >= 0.3 is 0 Å². The monoisotopic (exact) mass is 1020 g/mol. The summed E-state index contributed by atoms with van der Waals surface area (Å²) < 4.78 is 0. The van der Waals surface area contributed by atoms with E-state index in [1.807, 2.05) is 0 Å². The Labute approximate surface area is 414 Å². The van der Waals surface area contributed by atoms with Crippen molar-refractivity contribution >= 4 is 71.0 Å². The van der Waals surface area contributed by atoms with Gasteiger partial charge in [0.25, 0.3) is 5.91 Å². The third-order valence-corrected chi connectivity index (χ3v) is 12.8. The molecule has 4 rings (SSSR count). The van der Waals surface area contributed by atoms with E-state index in [0.29, 0.717) is 0 Å². The van der Waals surface area contributed by atoms with Gasteiger partial charge in [0.1, 0.15) is 36.5 Å². The maximum atomic E-state index is 14.7. The Morgan fingerprint density at radius 2 is 1.50 bits per heavy atom. The van der Waals surface area contributed by atoms with Crippen molar-refractivity contribution in [2.75, 3.05) is 39.3 Å². The molecule has 14 N–H and O–H groups in total. The highest BCUT2D eigenvalue weighted by Crippen LogP contribution is 2.27. The number of β-amino-alcohol motifs (C(OH)–C–C–N with tert-alkyl or cyclic N) is 1. The van der Waals surface area contributed by atoms with Gasteiger partial charge in [-0.05, 0) is 44.6 Å². The minimum atomic E-state index is -2.17. The highest BCUT2D eigenvalue weighted by Gasteiger charge is 2.48. The highest BCUT2D eigenvalue weighted by molar-refractivity contribution is 6.10. The molecule has 0 bridgehead atoms. The molecule has 72 heavy (non-hydrogen) atoms. The number of hydrogen-bond acceptors (Lipinski definition) is 18. The van der Waals surface area contributed by atoms with E-state index in [1.165, 1.54) is 6.08 Å². The molecule has 1 aliphatic carbocycles. The second kappa shape index (κ2) is 27.0. The quantitative estimate of drug-likeness (QED) is 0.0504. The molecule has 0 saturated carbocycles. The van der Waals surface area contributed by atoms with E-state index in [1.54, 1.807) is 13.8 Å². The van der Waals surface area contributed by atoms with Crippen molar-refractivity contribution < 1.29 is 83.1 Å². The summed E-state index contributed by atoms with van der Waals surface area (Å²) in [5.74, 6) is -13.0. The SMILES string of the molecule is CC(C)CC(NC(=O)CN)C(=O)NCC(=O)NCCC(O)C1NC(=O)C(C(C=O)C(O)C2C=CC(=O)CC2)NC(=O)C2CC(O)CN2C(=O)C(C(C)O)NC(=O)CCC(O)CNC(=O)C2C(=O)CCN2C1=O. The van der Waals surface area contributed by atoms with E-state index >= 15 is 0 Å². The average Bonchev–Trinajstić information content (AvgIpc) is 3.93. The number of nitrogens with two attached hydrogens (primary N) is 1. The number of allylic oxidation sites excluding steroid dienone is 1. The first-order chi connectivity index (χ1) is 34.0. The highest BCUT2D eigenvalue weighted by atomic mass is 16.3. The van der Waals surface area contributed by atoms with Gasteiger partial charge in [0.05, 0.1) is 49.5 Å². The molecule has 4 aliphatic rings. The molecule has 0 aromatic heterocycles. The number of rotatable bonds is 16. The number of aliphatic hydroxyl groups excluding tert-OH is 5. The van der Waals surface area contributed by atoms with Crippen LogP contribution in [0.2, 0.25) is 0 Å². The molecule has 27 nitrogen and oxygen atoms in total. The fourth-order valence-electron chi connectivity index (χ4n) is 8.84. The number of Topliss-reactive ketones (excluding diaryl/α,β-unsaturated/α-hetero) is 1. The molecule has 3 saturated heterocycles. The summed E-state index contributed by atoms with van der Waals surface area (Å²) in [5, 5.41) is 71.9. The smallest absolute Gasteiger partial charge is 0.250 e. The Morgan fingerprint density at radius 3 is 2.12 bits per heavy atom. The van der Waals surface area contributed by atoms with Crippen LogP contribution in [-0.2, 0) is 57.5 Å². The van der Waals surface area contributed by atoms with Crippen LogP contribution < -0.4 is 43.0 Å². The first-order valence-electron chi connectivity index (χ1n) is 23.9. The molecule has 0 spiro atoms. The molecule has 27 heteroatoms. The second-order valence-electron chi connectivity index (χ2n) is 18.9. The fourth-order valence-corrected chi connectivity index (χ4v) is 8.84. The molecular formula is C45H68N10O17. The van der Waals surface area contributed by atoms with Crippen LogP contribution in [0.15, 0.2) is 12.2 Å².